The highest BCUT2D eigenvalue weighted by Crippen LogP contribution is 2.38. The summed E-state index contributed by atoms with van der Waals surface area (Å²) in [5, 5.41) is 8.17. The van der Waals surface area contributed by atoms with Crippen molar-refractivity contribution in [1.82, 2.24) is 19.7 Å². The second-order valence-corrected chi connectivity index (χ2v) is 7.60. The molecule has 0 atom stereocenters. The highest BCUT2D eigenvalue weighted by molar-refractivity contribution is 5.41. The lowest BCUT2D eigenvalue weighted by molar-refractivity contribution is 0.301. The van der Waals surface area contributed by atoms with E-state index in [0.29, 0.717) is 17.9 Å². The third-order valence-corrected chi connectivity index (χ3v) is 5.28. The number of rotatable bonds is 5. The summed E-state index contributed by atoms with van der Waals surface area (Å²) in [4.78, 5) is 22.9. The normalized spacial score (nSPS) is 22.8. The molecule has 2 aliphatic rings. The van der Waals surface area contributed by atoms with E-state index in [2.05, 4.69) is 20.4 Å². The first-order chi connectivity index (χ1) is 12.6. The quantitative estimate of drug-likeness (QED) is 0.889. The number of nitrogens with zero attached hydrogens (tertiary/aromatic N) is 5. The van der Waals surface area contributed by atoms with Crippen molar-refractivity contribution in [2.24, 2.45) is 0 Å². The number of hydrogen-bond donors (Lipinski definition) is 1. The fourth-order valence-corrected chi connectivity index (χ4v) is 3.62. The Hall–Kier alpha value is -2.44. The Kier molecular flexibility index (Phi) is 4.61. The molecule has 2 saturated carbocycles. The summed E-state index contributed by atoms with van der Waals surface area (Å²) in [6, 6.07) is 6.08. The maximum Gasteiger partial charge on any atom is 0.267 e. The van der Waals surface area contributed by atoms with Crippen LogP contribution in [0.5, 0.6) is 0 Å². The molecule has 0 saturated heterocycles. The summed E-state index contributed by atoms with van der Waals surface area (Å²) in [6.07, 6.45) is 8.13. The minimum atomic E-state index is 0.0252. The third kappa shape index (κ3) is 3.71. The van der Waals surface area contributed by atoms with Crippen LogP contribution in [0.15, 0.2) is 29.2 Å². The third-order valence-electron chi connectivity index (χ3n) is 5.28. The zero-order chi connectivity index (χ0) is 18.1. The van der Waals surface area contributed by atoms with Crippen LogP contribution in [0.25, 0.3) is 0 Å². The fourth-order valence-electron chi connectivity index (χ4n) is 3.62. The van der Waals surface area contributed by atoms with Crippen LogP contribution in [-0.2, 0) is 0 Å². The first kappa shape index (κ1) is 17.0. The molecule has 7 nitrogen and oxygen atoms in total. The van der Waals surface area contributed by atoms with Crippen molar-refractivity contribution >= 4 is 11.8 Å². The van der Waals surface area contributed by atoms with Crippen molar-refractivity contribution in [2.45, 2.75) is 56.5 Å². The van der Waals surface area contributed by atoms with Crippen LogP contribution < -0.4 is 15.8 Å². The van der Waals surface area contributed by atoms with Crippen LogP contribution in [0.1, 0.15) is 56.2 Å². The van der Waals surface area contributed by atoms with Crippen molar-refractivity contribution in [3.8, 4) is 0 Å². The van der Waals surface area contributed by atoms with E-state index < -0.39 is 0 Å². The SMILES string of the molecule is CN(C)c1nccc(NC2CCC(n3nc(C4CC4)ccc3=O)CC2)n1. The standard InChI is InChI=1S/C19H26N6O/c1-24(2)19-20-12-11-17(22-19)21-14-5-7-15(8-6-14)25-18(26)10-9-16(23-25)13-3-4-13/h9-15H,3-8H2,1-2H3,(H,20,21,22). The van der Waals surface area contributed by atoms with Crippen LogP contribution >= 0.6 is 0 Å². The summed E-state index contributed by atoms with van der Waals surface area (Å²) < 4.78 is 1.73. The van der Waals surface area contributed by atoms with Gasteiger partial charge >= 0.3 is 0 Å². The molecule has 26 heavy (non-hydrogen) atoms. The molecule has 0 aliphatic heterocycles. The molecule has 2 aromatic heterocycles. The molecule has 2 aliphatic carbocycles. The molecular formula is C19H26N6O. The largest absolute Gasteiger partial charge is 0.367 e. The second-order valence-electron chi connectivity index (χ2n) is 7.60. The summed E-state index contributed by atoms with van der Waals surface area (Å²) >= 11 is 0. The van der Waals surface area contributed by atoms with E-state index in [4.69, 9.17) is 0 Å². The van der Waals surface area contributed by atoms with Gasteiger partial charge in [0.1, 0.15) is 5.82 Å². The van der Waals surface area contributed by atoms with Gasteiger partial charge in [-0.05, 0) is 50.7 Å². The van der Waals surface area contributed by atoms with Crippen molar-refractivity contribution < 1.29 is 0 Å². The van der Waals surface area contributed by atoms with Crippen molar-refractivity contribution in [2.75, 3.05) is 24.3 Å². The van der Waals surface area contributed by atoms with Gasteiger partial charge in [0.2, 0.25) is 5.95 Å². The highest BCUT2D eigenvalue weighted by Gasteiger charge is 2.28. The molecule has 0 spiro atoms. The van der Waals surface area contributed by atoms with Crippen LogP contribution in [0.4, 0.5) is 11.8 Å². The van der Waals surface area contributed by atoms with Crippen molar-refractivity contribution in [3.63, 3.8) is 0 Å². The summed E-state index contributed by atoms with van der Waals surface area (Å²) in [7, 11) is 3.87. The van der Waals surface area contributed by atoms with Gasteiger partial charge in [-0.15, -0.1) is 0 Å². The molecule has 7 heteroatoms. The molecule has 0 aromatic carbocycles. The average Bonchev–Trinajstić information content (AvgIpc) is 3.48. The molecule has 0 bridgehead atoms. The van der Waals surface area contributed by atoms with E-state index >= 15 is 0 Å². The molecule has 0 amide bonds. The molecule has 1 N–H and O–H groups in total. The number of anilines is 2. The molecule has 0 radical (unpaired) electrons. The predicted molar refractivity (Wildman–Crippen MR) is 102 cm³/mol. The topological polar surface area (TPSA) is 75.9 Å². The summed E-state index contributed by atoms with van der Waals surface area (Å²) in [5.74, 6) is 2.14. The molecular weight excluding hydrogens is 328 g/mol. The van der Waals surface area contributed by atoms with E-state index in [-0.39, 0.29) is 11.6 Å². The Morgan fingerprint density at radius 1 is 1.08 bits per heavy atom. The average molecular weight is 354 g/mol. The van der Waals surface area contributed by atoms with Crippen molar-refractivity contribution in [3.05, 3.63) is 40.4 Å². The lowest BCUT2D eigenvalue weighted by Gasteiger charge is -2.30. The monoisotopic (exact) mass is 354 g/mol. The van der Waals surface area contributed by atoms with Gasteiger partial charge in [-0.3, -0.25) is 4.79 Å². The van der Waals surface area contributed by atoms with E-state index in [1.807, 2.05) is 31.1 Å². The van der Waals surface area contributed by atoms with Crippen LogP contribution in [-0.4, -0.2) is 39.9 Å². The van der Waals surface area contributed by atoms with Gasteiger partial charge in [0.05, 0.1) is 11.7 Å². The molecule has 2 fully saturated rings. The van der Waals surface area contributed by atoms with Gasteiger partial charge in [0.25, 0.3) is 5.56 Å². The van der Waals surface area contributed by atoms with E-state index in [1.54, 1.807) is 16.9 Å². The van der Waals surface area contributed by atoms with E-state index in [1.165, 1.54) is 12.8 Å². The number of aromatic nitrogens is 4. The van der Waals surface area contributed by atoms with E-state index in [9.17, 15) is 4.79 Å². The lowest BCUT2D eigenvalue weighted by Crippen LogP contribution is -2.33. The minimum absolute atomic E-state index is 0.0252. The Morgan fingerprint density at radius 2 is 1.85 bits per heavy atom. The highest BCUT2D eigenvalue weighted by atomic mass is 16.1. The maximum absolute atomic E-state index is 12.3. The van der Waals surface area contributed by atoms with Gasteiger partial charge in [-0.2, -0.15) is 10.1 Å². The smallest absolute Gasteiger partial charge is 0.267 e. The van der Waals surface area contributed by atoms with Crippen LogP contribution in [0.3, 0.4) is 0 Å². The van der Waals surface area contributed by atoms with Crippen LogP contribution in [0, 0.1) is 0 Å². The van der Waals surface area contributed by atoms with Gasteiger partial charge in [-0.25, -0.2) is 9.67 Å². The zero-order valence-corrected chi connectivity index (χ0v) is 15.4. The first-order valence-corrected chi connectivity index (χ1v) is 9.47. The van der Waals surface area contributed by atoms with E-state index in [0.717, 1.165) is 37.2 Å². The molecule has 4 rings (SSSR count). The first-order valence-electron chi connectivity index (χ1n) is 9.47. The number of hydrogen-bond acceptors (Lipinski definition) is 6. The maximum atomic E-state index is 12.3. The number of nitrogens with one attached hydrogen (secondary N) is 1. The summed E-state index contributed by atoms with van der Waals surface area (Å²) in [5.41, 5.74) is 1.11. The second kappa shape index (κ2) is 7.05. The molecule has 2 heterocycles. The minimum Gasteiger partial charge on any atom is -0.367 e. The predicted octanol–water partition coefficient (Wildman–Crippen LogP) is 2.57. The van der Waals surface area contributed by atoms with Crippen molar-refractivity contribution in [1.29, 1.82) is 0 Å². The van der Waals surface area contributed by atoms with Gasteiger partial charge in [-0.1, -0.05) is 0 Å². The molecule has 138 valence electrons. The Morgan fingerprint density at radius 3 is 2.54 bits per heavy atom. The Balaban J connectivity index is 1.39. The Bertz CT molecular complexity index is 821. The molecule has 2 aromatic rings. The molecule has 0 unspecified atom stereocenters. The van der Waals surface area contributed by atoms with Crippen LogP contribution in [0.2, 0.25) is 0 Å². The van der Waals surface area contributed by atoms with Gasteiger partial charge in [0.15, 0.2) is 0 Å². The summed E-state index contributed by atoms with van der Waals surface area (Å²) in [6.45, 7) is 0. The zero-order valence-electron chi connectivity index (χ0n) is 15.4. The fraction of sp³-hybridized carbons (Fsp3) is 0.579. The Labute approximate surface area is 153 Å². The lowest BCUT2D eigenvalue weighted by atomic mass is 9.91. The van der Waals surface area contributed by atoms with Gasteiger partial charge in [0, 0.05) is 38.3 Å². The van der Waals surface area contributed by atoms with Gasteiger partial charge < -0.3 is 10.2 Å².